The first kappa shape index (κ1) is 9.97. The van der Waals surface area contributed by atoms with Gasteiger partial charge in [-0.15, -0.1) is 0 Å². The van der Waals surface area contributed by atoms with E-state index in [-0.39, 0.29) is 0 Å². The highest BCUT2D eigenvalue weighted by molar-refractivity contribution is 5.77. The third kappa shape index (κ3) is 2.18. The van der Waals surface area contributed by atoms with Crippen LogP contribution in [0.1, 0.15) is 41.8 Å². The summed E-state index contributed by atoms with van der Waals surface area (Å²) in [5.41, 5.74) is 3.40. The maximum absolute atomic E-state index is 10.7. The molecule has 1 nitrogen and oxygen atoms in total. The smallest absolute Gasteiger partial charge is 0.150 e. The minimum Gasteiger partial charge on any atom is -0.298 e. The predicted octanol–water partition coefficient (Wildman–Crippen LogP) is 3.01. The van der Waals surface area contributed by atoms with E-state index in [1.807, 2.05) is 12.1 Å². The first-order chi connectivity index (χ1) is 6.33. The molecule has 1 aromatic carbocycles. The van der Waals surface area contributed by atoms with Crippen LogP contribution in [0.4, 0.5) is 0 Å². The quantitative estimate of drug-likeness (QED) is 0.644. The third-order valence-electron chi connectivity index (χ3n) is 2.31. The summed E-state index contributed by atoms with van der Waals surface area (Å²) in [5.74, 6) is 0. The van der Waals surface area contributed by atoms with E-state index >= 15 is 0 Å². The van der Waals surface area contributed by atoms with Gasteiger partial charge in [-0.25, -0.2) is 0 Å². The molecule has 1 aromatic rings. The second-order valence-electron chi connectivity index (χ2n) is 3.21. The highest BCUT2D eigenvalue weighted by atomic mass is 16.1. The van der Waals surface area contributed by atoms with Crippen molar-refractivity contribution in [3.8, 4) is 0 Å². The number of hydrogen-bond donors (Lipinski definition) is 0. The largest absolute Gasteiger partial charge is 0.298 e. The molecule has 0 aliphatic rings. The molecule has 0 aromatic heterocycles. The van der Waals surface area contributed by atoms with Crippen molar-refractivity contribution in [3.63, 3.8) is 0 Å². The van der Waals surface area contributed by atoms with Crippen LogP contribution < -0.4 is 0 Å². The summed E-state index contributed by atoms with van der Waals surface area (Å²) < 4.78 is 0. The Kier molecular flexibility index (Phi) is 3.69. The molecule has 0 heterocycles. The van der Waals surface area contributed by atoms with E-state index in [1.54, 1.807) is 0 Å². The maximum Gasteiger partial charge on any atom is 0.150 e. The van der Waals surface area contributed by atoms with Crippen LogP contribution in [-0.2, 0) is 12.8 Å². The van der Waals surface area contributed by atoms with Crippen molar-refractivity contribution >= 4 is 6.29 Å². The fourth-order valence-electron chi connectivity index (χ4n) is 1.70. The Labute approximate surface area is 79.8 Å². The van der Waals surface area contributed by atoms with Gasteiger partial charge in [0.25, 0.3) is 0 Å². The zero-order chi connectivity index (χ0) is 9.68. The molecule has 1 heteroatoms. The fourth-order valence-corrected chi connectivity index (χ4v) is 1.70. The Balaban J connectivity index is 3.10. The number of aryl methyl sites for hydroxylation is 1. The van der Waals surface area contributed by atoms with E-state index in [0.29, 0.717) is 0 Å². The van der Waals surface area contributed by atoms with Gasteiger partial charge in [0.05, 0.1) is 0 Å². The number of carbonyl (C=O) groups is 1. The summed E-state index contributed by atoms with van der Waals surface area (Å²) in [4.78, 5) is 10.7. The molecular formula is C12H16O. The van der Waals surface area contributed by atoms with Crippen LogP contribution in [0.3, 0.4) is 0 Å². The number of aldehydes is 1. The minimum absolute atomic E-state index is 0.855. The monoisotopic (exact) mass is 176 g/mol. The average molecular weight is 176 g/mol. The van der Waals surface area contributed by atoms with Gasteiger partial charge in [0.1, 0.15) is 6.29 Å². The molecule has 0 amide bonds. The summed E-state index contributed by atoms with van der Waals surface area (Å²) in [7, 11) is 0. The van der Waals surface area contributed by atoms with Crippen molar-refractivity contribution in [2.24, 2.45) is 0 Å². The van der Waals surface area contributed by atoms with Crippen molar-refractivity contribution in [2.45, 2.75) is 33.1 Å². The Morgan fingerprint density at radius 2 is 2.08 bits per heavy atom. The summed E-state index contributed by atoms with van der Waals surface area (Å²) >= 11 is 0. The molecule has 0 unspecified atom stereocenters. The number of carbonyl (C=O) groups excluding carboxylic acids is 1. The molecule has 70 valence electrons. The number of rotatable bonds is 4. The van der Waals surface area contributed by atoms with Gasteiger partial charge in [0, 0.05) is 5.56 Å². The van der Waals surface area contributed by atoms with E-state index in [1.165, 1.54) is 11.1 Å². The second kappa shape index (κ2) is 4.80. The molecule has 0 atom stereocenters. The van der Waals surface area contributed by atoms with E-state index < -0.39 is 0 Å². The third-order valence-corrected chi connectivity index (χ3v) is 2.31. The molecule has 0 spiro atoms. The topological polar surface area (TPSA) is 17.1 Å². The first-order valence-electron chi connectivity index (χ1n) is 4.89. The lowest BCUT2D eigenvalue weighted by molar-refractivity contribution is 0.112. The second-order valence-corrected chi connectivity index (χ2v) is 3.21. The summed E-state index contributed by atoms with van der Waals surface area (Å²) in [6.07, 6.45) is 4.11. The molecule has 13 heavy (non-hydrogen) atoms. The highest BCUT2D eigenvalue weighted by Gasteiger charge is 2.04. The van der Waals surface area contributed by atoms with Crippen LogP contribution in [0.25, 0.3) is 0 Å². The van der Waals surface area contributed by atoms with Crippen LogP contribution >= 0.6 is 0 Å². The lowest BCUT2D eigenvalue weighted by Gasteiger charge is -2.08. The summed E-state index contributed by atoms with van der Waals surface area (Å²) in [6, 6.07) is 5.98. The average Bonchev–Trinajstić information content (AvgIpc) is 2.18. The van der Waals surface area contributed by atoms with Gasteiger partial charge >= 0.3 is 0 Å². The van der Waals surface area contributed by atoms with Crippen LogP contribution in [0.2, 0.25) is 0 Å². The molecule has 0 bridgehead atoms. The van der Waals surface area contributed by atoms with Gasteiger partial charge in [0.15, 0.2) is 0 Å². The van der Waals surface area contributed by atoms with Gasteiger partial charge < -0.3 is 0 Å². The molecule has 0 saturated carbocycles. The fraction of sp³-hybridized carbons (Fsp3) is 0.417. The molecule has 0 fully saturated rings. The van der Waals surface area contributed by atoms with Crippen molar-refractivity contribution in [1.82, 2.24) is 0 Å². The normalized spacial score (nSPS) is 10.0. The highest BCUT2D eigenvalue weighted by Crippen LogP contribution is 2.15. The van der Waals surface area contributed by atoms with Crippen molar-refractivity contribution < 1.29 is 4.79 Å². The molecular weight excluding hydrogens is 160 g/mol. The SMILES string of the molecule is CCCc1cccc(C=O)c1CC. The van der Waals surface area contributed by atoms with Gasteiger partial charge in [-0.3, -0.25) is 4.79 Å². The summed E-state index contributed by atoms with van der Waals surface area (Å²) in [6.45, 7) is 4.26. The van der Waals surface area contributed by atoms with Gasteiger partial charge in [-0.05, 0) is 24.0 Å². The van der Waals surface area contributed by atoms with Gasteiger partial charge in [-0.2, -0.15) is 0 Å². The number of benzene rings is 1. The van der Waals surface area contributed by atoms with Gasteiger partial charge in [-0.1, -0.05) is 38.5 Å². The van der Waals surface area contributed by atoms with Gasteiger partial charge in [0.2, 0.25) is 0 Å². The van der Waals surface area contributed by atoms with Crippen LogP contribution in [0.5, 0.6) is 0 Å². The van der Waals surface area contributed by atoms with Crippen molar-refractivity contribution in [1.29, 1.82) is 0 Å². The standard InChI is InChI=1S/C12H16O/c1-3-6-10-7-5-8-11(9-13)12(10)4-2/h5,7-9H,3-4,6H2,1-2H3. The Bertz CT molecular complexity index is 289. The molecule has 0 saturated heterocycles. The molecule has 0 N–H and O–H groups in total. The molecule has 1 rings (SSSR count). The maximum atomic E-state index is 10.7. The molecule has 0 radical (unpaired) electrons. The Morgan fingerprint density at radius 1 is 1.31 bits per heavy atom. The van der Waals surface area contributed by atoms with Crippen molar-refractivity contribution in [3.05, 3.63) is 34.9 Å². The van der Waals surface area contributed by atoms with Crippen LogP contribution in [-0.4, -0.2) is 6.29 Å². The molecule has 0 aliphatic heterocycles. The minimum atomic E-state index is 0.855. The zero-order valence-corrected chi connectivity index (χ0v) is 8.34. The Hall–Kier alpha value is -1.11. The van der Waals surface area contributed by atoms with Crippen LogP contribution in [0.15, 0.2) is 18.2 Å². The molecule has 0 aliphatic carbocycles. The number of hydrogen-bond acceptors (Lipinski definition) is 1. The first-order valence-corrected chi connectivity index (χ1v) is 4.89. The van der Waals surface area contributed by atoms with E-state index in [0.717, 1.165) is 31.1 Å². The zero-order valence-electron chi connectivity index (χ0n) is 8.34. The van der Waals surface area contributed by atoms with E-state index in [4.69, 9.17) is 0 Å². The van der Waals surface area contributed by atoms with E-state index in [9.17, 15) is 4.79 Å². The summed E-state index contributed by atoms with van der Waals surface area (Å²) in [5, 5.41) is 0. The lowest BCUT2D eigenvalue weighted by Crippen LogP contribution is -1.97. The van der Waals surface area contributed by atoms with Crippen molar-refractivity contribution in [2.75, 3.05) is 0 Å². The Morgan fingerprint density at radius 3 is 2.62 bits per heavy atom. The van der Waals surface area contributed by atoms with Crippen LogP contribution in [0, 0.1) is 0 Å². The predicted molar refractivity (Wildman–Crippen MR) is 55.2 cm³/mol. The van der Waals surface area contributed by atoms with E-state index in [2.05, 4.69) is 19.9 Å². The lowest BCUT2D eigenvalue weighted by atomic mass is 9.97.